The second kappa shape index (κ2) is 18.4. The Morgan fingerprint density at radius 2 is 1.73 bits per heavy atom. The first kappa shape index (κ1) is 24.6. The van der Waals surface area contributed by atoms with Crippen LogP contribution in [-0.4, -0.2) is 46.7 Å². The minimum absolute atomic E-state index is 0.147. The Balaban J connectivity index is 3.51. The molecule has 0 saturated heterocycles. The summed E-state index contributed by atoms with van der Waals surface area (Å²) in [6.45, 7) is 1.56. The first-order chi connectivity index (χ1) is 12.6. The summed E-state index contributed by atoms with van der Waals surface area (Å²) in [6.07, 6.45) is 18.4. The van der Waals surface area contributed by atoms with E-state index >= 15 is 0 Å². The lowest BCUT2D eigenvalue weighted by Gasteiger charge is -2.08. The number of hydrogen-bond acceptors (Lipinski definition) is 5. The molecular weight excluding hydrogens is 332 g/mol. The van der Waals surface area contributed by atoms with Crippen molar-refractivity contribution in [2.24, 2.45) is 0 Å². The number of hydrogen-bond donors (Lipinski definition) is 3. The molecule has 0 fully saturated rings. The van der Waals surface area contributed by atoms with Crippen molar-refractivity contribution >= 4 is 5.97 Å². The van der Waals surface area contributed by atoms with Gasteiger partial charge < -0.3 is 20.1 Å². The number of aliphatic hydroxyl groups excluding tert-OH is 3. The van der Waals surface area contributed by atoms with Crippen LogP contribution in [0.2, 0.25) is 0 Å². The van der Waals surface area contributed by atoms with Gasteiger partial charge in [0.1, 0.15) is 12.7 Å². The SMILES string of the molecule is CC/C=C/C/C=C/C=C/C(O)CCCCCCCC(=O)OC[C@@H](O)CO. The molecule has 3 N–H and O–H groups in total. The summed E-state index contributed by atoms with van der Waals surface area (Å²) in [4.78, 5) is 11.4. The molecule has 0 spiro atoms. The minimum Gasteiger partial charge on any atom is -0.463 e. The number of allylic oxidation sites excluding steroid dienone is 5. The fraction of sp³-hybridized carbons (Fsp3) is 0.667. The average Bonchev–Trinajstić information content (AvgIpc) is 2.64. The summed E-state index contributed by atoms with van der Waals surface area (Å²) in [5, 5.41) is 27.5. The smallest absolute Gasteiger partial charge is 0.305 e. The molecule has 26 heavy (non-hydrogen) atoms. The number of ether oxygens (including phenoxy) is 1. The quantitative estimate of drug-likeness (QED) is 0.168. The molecule has 0 heterocycles. The van der Waals surface area contributed by atoms with Crippen LogP contribution in [0.4, 0.5) is 0 Å². The fourth-order valence-electron chi connectivity index (χ4n) is 2.25. The van der Waals surface area contributed by atoms with E-state index in [4.69, 9.17) is 14.9 Å². The maximum Gasteiger partial charge on any atom is 0.305 e. The predicted molar refractivity (Wildman–Crippen MR) is 105 cm³/mol. The molecule has 1 unspecified atom stereocenters. The zero-order valence-electron chi connectivity index (χ0n) is 16.1. The van der Waals surface area contributed by atoms with E-state index in [0.29, 0.717) is 6.42 Å². The molecule has 0 aliphatic heterocycles. The number of carbonyl (C=O) groups excluding carboxylic acids is 1. The predicted octanol–water partition coefficient (Wildman–Crippen LogP) is 3.44. The Bertz CT molecular complexity index is 415. The summed E-state index contributed by atoms with van der Waals surface area (Å²) in [5.41, 5.74) is 0. The van der Waals surface area contributed by atoms with Crippen LogP contribution < -0.4 is 0 Å². The molecule has 2 atom stereocenters. The summed E-state index contributed by atoms with van der Waals surface area (Å²) in [5.74, 6) is -0.337. The van der Waals surface area contributed by atoms with Crippen molar-refractivity contribution in [3.8, 4) is 0 Å². The lowest BCUT2D eigenvalue weighted by molar-refractivity contribution is -0.147. The van der Waals surface area contributed by atoms with Gasteiger partial charge in [-0.25, -0.2) is 0 Å². The van der Waals surface area contributed by atoms with Crippen LogP contribution in [0.3, 0.4) is 0 Å². The second-order valence-corrected chi connectivity index (χ2v) is 6.32. The summed E-state index contributed by atoms with van der Waals surface area (Å²) in [7, 11) is 0. The minimum atomic E-state index is -0.993. The highest BCUT2D eigenvalue weighted by molar-refractivity contribution is 5.69. The monoisotopic (exact) mass is 368 g/mol. The molecule has 5 heteroatoms. The van der Waals surface area contributed by atoms with Crippen LogP contribution in [-0.2, 0) is 9.53 Å². The molecule has 0 aliphatic rings. The Morgan fingerprint density at radius 3 is 2.46 bits per heavy atom. The molecule has 150 valence electrons. The van der Waals surface area contributed by atoms with Crippen molar-refractivity contribution in [2.75, 3.05) is 13.2 Å². The summed E-state index contributed by atoms with van der Waals surface area (Å²) < 4.78 is 4.83. The van der Waals surface area contributed by atoms with Gasteiger partial charge in [0.05, 0.1) is 12.7 Å². The molecule has 0 aromatic carbocycles. The molecule has 0 radical (unpaired) electrons. The molecule has 0 aromatic rings. The molecule has 0 saturated carbocycles. The Morgan fingerprint density at radius 1 is 1.00 bits per heavy atom. The first-order valence-electron chi connectivity index (χ1n) is 9.71. The molecule has 0 aromatic heterocycles. The Labute approximate surface area is 158 Å². The van der Waals surface area contributed by atoms with Crippen molar-refractivity contribution in [3.05, 3.63) is 36.5 Å². The highest BCUT2D eigenvalue weighted by Crippen LogP contribution is 2.10. The van der Waals surface area contributed by atoms with E-state index in [2.05, 4.69) is 25.2 Å². The first-order valence-corrected chi connectivity index (χ1v) is 9.71. The molecule has 0 bridgehead atoms. The third kappa shape index (κ3) is 17.4. The maximum atomic E-state index is 11.4. The second-order valence-electron chi connectivity index (χ2n) is 6.32. The van der Waals surface area contributed by atoms with E-state index < -0.39 is 18.8 Å². The van der Waals surface area contributed by atoms with E-state index in [1.807, 2.05) is 18.2 Å². The van der Waals surface area contributed by atoms with Gasteiger partial charge in [-0.15, -0.1) is 0 Å². The largest absolute Gasteiger partial charge is 0.463 e. The van der Waals surface area contributed by atoms with Crippen molar-refractivity contribution in [1.82, 2.24) is 0 Å². The highest BCUT2D eigenvalue weighted by Gasteiger charge is 2.07. The van der Waals surface area contributed by atoms with E-state index in [1.165, 1.54) is 0 Å². The molecule has 0 aliphatic carbocycles. The van der Waals surface area contributed by atoms with Crippen LogP contribution in [0.25, 0.3) is 0 Å². The maximum absolute atomic E-state index is 11.4. The Kier molecular flexibility index (Phi) is 17.4. The number of unbranched alkanes of at least 4 members (excludes halogenated alkanes) is 4. The lowest BCUT2D eigenvalue weighted by Crippen LogP contribution is -2.21. The molecular formula is C21H36O5. The van der Waals surface area contributed by atoms with Crippen LogP contribution in [0, 0.1) is 0 Å². The third-order valence-electron chi connectivity index (χ3n) is 3.78. The van der Waals surface area contributed by atoms with E-state index in [0.717, 1.165) is 51.4 Å². The van der Waals surface area contributed by atoms with Gasteiger partial charge in [-0.05, 0) is 25.7 Å². The molecule has 5 nitrogen and oxygen atoms in total. The van der Waals surface area contributed by atoms with Crippen LogP contribution in [0.5, 0.6) is 0 Å². The average molecular weight is 369 g/mol. The molecule has 0 rings (SSSR count). The van der Waals surface area contributed by atoms with Gasteiger partial charge in [-0.1, -0.05) is 69.1 Å². The fourth-order valence-corrected chi connectivity index (χ4v) is 2.25. The van der Waals surface area contributed by atoms with Crippen LogP contribution in [0.15, 0.2) is 36.5 Å². The number of aliphatic hydroxyl groups is 3. The third-order valence-corrected chi connectivity index (χ3v) is 3.78. The lowest BCUT2D eigenvalue weighted by atomic mass is 10.1. The van der Waals surface area contributed by atoms with Gasteiger partial charge in [-0.2, -0.15) is 0 Å². The van der Waals surface area contributed by atoms with E-state index in [1.54, 1.807) is 0 Å². The van der Waals surface area contributed by atoms with Crippen LogP contribution in [0.1, 0.15) is 64.7 Å². The summed E-state index contributed by atoms with van der Waals surface area (Å²) >= 11 is 0. The Hall–Kier alpha value is -1.43. The van der Waals surface area contributed by atoms with Crippen molar-refractivity contribution in [1.29, 1.82) is 0 Å². The van der Waals surface area contributed by atoms with Crippen molar-refractivity contribution < 1.29 is 24.9 Å². The number of esters is 1. The van der Waals surface area contributed by atoms with Gasteiger partial charge in [0, 0.05) is 6.42 Å². The van der Waals surface area contributed by atoms with Gasteiger partial charge in [0.2, 0.25) is 0 Å². The standard InChI is InChI=1S/C21H36O5/c1-2-3-4-5-6-8-11-14-19(23)15-12-9-7-10-13-16-21(25)26-18-20(24)17-22/h3-4,6,8,11,14,19-20,22-24H,2,5,7,9-10,12-13,15-18H2,1H3/b4-3+,8-6+,14-11+/t19?,20-/m0/s1. The highest BCUT2D eigenvalue weighted by atomic mass is 16.5. The van der Waals surface area contributed by atoms with Crippen molar-refractivity contribution in [2.45, 2.75) is 76.9 Å². The van der Waals surface area contributed by atoms with Crippen LogP contribution >= 0.6 is 0 Å². The number of carbonyl (C=O) groups is 1. The normalized spacial score (nSPS) is 14.5. The van der Waals surface area contributed by atoms with E-state index in [-0.39, 0.29) is 12.6 Å². The zero-order chi connectivity index (χ0) is 19.5. The van der Waals surface area contributed by atoms with Gasteiger partial charge in [-0.3, -0.25) is 4.79 Å². The number of rotatable bonds is 16. The zero-order valence-corrected chi connectivity index (χ0v) is 16.1. The summed E-state index contributed by atoms with van der Waals surface area (Å²) in [6, 6.07) is 0. The van der Waals surface area contributed by atoms with E-state index in [9.17, 15) is 9.90 Å². The van der Waals surface area contributed by atoms with Gasteiger partial charge in [0.25, 0.3) is 0 Å². The van der Waals surface area contributed by atoms with Crippen molar-refractivity contribution in [3.63, 3.8) is 0 Å². The topological polar surface area (TPSA) is 87.0 Å². The molecule has 0 amide bonds. The van der Waals surface area contributed by atoms with Gasteiger partial charge in [0.15, 0.2) is 0 Å². The van der Waals surface area contributed by atoms with Gasteiger partial charge >= 0.3 is 5.97 Å².